The van der Waals surface area contributed by atoms with Crippen molar-refractivity contribution in [1.82, 2.24) is 4.40 Å². The SMILES string of the molecule is C=C[n+]1ccccc1-c1cc2c3cc(-c4ccccc4)cc4c5ccccc5n(c2cc1C1C2c5ccccc5-c5cccc[n+]5C12)c43. The van der Waals surface area contributed by atoms with Crippen molar-refractivity contribution in [1.29, 1.82) is 0 Å². The van der Waals surface area contributed by atoms with E-state index in [0.717, 1.165) is 5.69 Å². The molecule has 1 aliphatic heterocycles. The summed E-state index contributed by atoms with van der Waals surface area (Å²) in [4.78, 5) is 0. The van der Waals surface area contributed by atoms with E-state index in [1.807, 2.05) is 6.20 Å². The summed E-state index contributed by atoms with van der Waals surface area (Å²) < 4.78 is 7.24. The van der Waals surface area contributed by atoms with Crippen LogP contribution >= 0.6 is 0 Å². The Bertz CT molecular complexity index is 2720. The number of hydrogen-bond donors (Lipinski definition) is 0. The van der Waals surface area contributed by atoms with E-state index < -0.39 is 0 Å². The van der Waals surface area contributed by atoms with Gasteiger partial charge in [0.25, 0.3) is 0 Å². The van der Waals surface area contributed by atoms with Crippen LogP contribution in [0, 0.1) is 0 Å². The number of fused-ring (bicyclic) bond motifs is 12. The molecule has 5 heterocycles. The van der Waals surface area contributed by atoms with Gasteiger partial charge in [0.2, 0.25) is 11.4 Å². The second-order valence-electron chi connectivity index (χ2n) is 13.4. The highest BCUT2D eigenvalue weighted by Crippen LogP contribution is 2.66. The Labute approximate surface area is 278 Å². The monoisotopic (exact) mass is 613 g/mol. The molecule has 224 valence electrons. The van der Waals surface area contributed by atoms with Crippen molar-refractivity contribution in [2.75, 3.05) is 0 Å². The minimum Gasteiger partial charge on any atom is -0.308 e. The Morgan fingerprint density at radius 2 is 1.23 bits per heavy atom. The summed E-state index contributed by atoms with van der Waals surface area (Å²) in [7, 11) is 0. The third-order valence-corrected chi connectivity index (χ3v) is 11.1. The van der Waals surface area contributed by atoms with E-state index in [9.17, 15) is 0 Å². The maximum atomic E-state index is 4.20. The van der Waals surface area contributed by atoms with Gasteiger partial charge in [0, 0.05) is 51.4 Å². The predicted molar refractivity (Wildman–Crippen MR) is 195 cm³/mol. The smallest absolute Gasteiger partial charge is 0.218 e. The van der Waals surface area contributed by atoms with E-state index in [0.29, 0.717) is 17.9 Å². The Morgan fingerprint density at radius 1 is 0.521 bits per heavy atom. The first-order chi connectivity index (χ1) is 23.8. The number of hydrogen-bond acceptors (Lipinski definition) is 0. The van der Waals surface area contributed by atoms with Gasteiger partial charge in [-0.05, 0) is 77.4 Å². The van der Waals surface area contributed by atoms with Gasteiger partial charge in [0.05, 0.1) is 33.9 Å². The Morgan fingerprint density at radius 3 is 2.10 bits per heavy atom. The third-order valence-electron chi connectivity index (χ3n) is 11.1. The first-order valence-corrected chi connectivity index (χ1v) is 16.8. The van der Waals surface area contributed by atoms with E-state index in [1.165, 1.54) is 77.2 Å². The lowest BCUT2D eigenvalue weighted by atomic mass is 9.92. The molecule has 1 aliphatic carbocycles. The molecular weight excluding hydrogens is 583 g/mol. The van der Waals surface area contributed by atoms with Crippen LogP contribution in [0.25, 0.3) is 77.9 Å². The van der Waals surface area contributed by atoms with E-state index in [1.54, 1.807) is 0 Å². The van der Waals surface area contributed by atoms with Crippen LogP contribution in [0.3, 0.4) is 0 Å². The Kier molecular flexibility index (Phi) is 5.15. The summed E-state index contributed by atoms with van der Waals surface area (Å²) in [6.07, 6.45) is 6.33. The van der Waals surface area contributed by atoms with Gasteiger partial charge in [-0.15, -0.1) is 0 Å². The fraction of sp³-hybridized carbons (Fsp3) is 0.0667. The van der Waals surface area contributed by atoms with Crippen molar-refractivity contribution in [3.8, 4) is 33.6 Å². The van der Waals surface area contributed by atoms with Crippen LogP contribution in [0.5, 0.6) is 0 Å². The molecule has 3 atom stereocenters. The van der Waals surface area contributed by atoms with E-state index in [4.69, 9.17) is 0 Å². The molecule has 0 bridgehead atoms. The Hall–Kier alpha value is -6.06. The van der Waals surface area contributed by atoms with Crippen LogP contribution < -0.4 is 9.13 Å². The number of aromatic nitrogens is 3. The number of rotatable bonds is 4. The van der Waals surface area contributed by atoms with Crippen LogP contribution in [-0.4, -0.2) is 4.40 Å². The molecule has 1 saturated carbocycles. The molecule has 0 spiro atoms. The normalized spacial score (nSPS) is 17.9. The highest BCUT2D eigenvalue weighted by Gasteiger charge is 2.64. The zero-order valence-corrected chi connectivity index (χ0v) is 26.3. The van der Waals surface area contributed by atoms with Gasteiger partial charge in [-0.3, -0.25) is 0 Å². The largest absolute Gasteiger partial charge is 0.308 e. The van der Waals surface area contributed by atoms with Gasteiger partial charge in [-0.1, -0.05) is 66.7 Å². The van der Waals surface area contributed by atoms with Crippen molar-refractivity contribution in [3.63, 3.8) is 0 Å². The van der Waals surface area contributed by atoms with Crippen LogP contribution in [0.1, 0.15) is 29.0 Å². The fourth-order valence-corrected chi connectivity index (χ4v) is 9.06. The second-order valence-corrected chi connectivity index (χ2v) is 13.4. The Balaban J connectivity index is 1.26. The van der Waals surface area contributed by atoms with E-state index in [-0.39, 0.29) is 0 Å². The summed E-state index contributed by atoms with van der Waals surface area (Å²) in [6, 6.07) is 52.0. The topological polar surface area (TPSA) is 12.2 Å². The molecule has 0 N–H and O–H groups in total. The van der Waals surface area contributed by atoms with Gasteiger partial charge < -0.3 is 4.40 Å². The summed E-state index contributed by atoms with van der Waals surface area (Å²) in [5.74, 6) is 0.744. The quantitative estimate of drug-likeness (QED) is 0.175. The van der Waals surface area contributed by atoms with Crippen molar-refractivity contribution in [2.24, 2.45) is 0 Å². The average Bonchev–Trinajstić information content (AvgIpc) is 3.71. The first-order valence-electron chi connectivity index (χ1n) is 16.8. The highest BCUT2D eigenvalue weighted by atomic mass is 15.1. The van der Waals surface area contributed by atoms with Gasteiger partial charge >= 0.3 is 0 Å². The molecule has 0 saturated heterocycles. The molecule has 5 aromatic carbocycles. The van der Waals surface area contributed by atoms with Crippen LogP contribution in [0.4, 0.5) is 0 Å². The maximum absolute atomic E-state index is 4.20. The summed E-state index contributed by atoms with van der Waals surface area (Å²) in [5, 5.41) is 5.19. The van der Waals surface area contributed by atoms with Crippen LogP contribution in [-0.2, 0) is 0 Å². The molecule has 0 radical (unpaired) electrons. The van der Waals surface area contributed by atoms with Crippen molar-refractivity contribution < 1.29 is 9.13 Å². The molecular formula is C45H31N3+2. The van der Waals surface area contributed by atoms with Gasteiger partial charge in [0.15, 0.2) is 24.6 Å². The average molecular weight is 614 g/mol. The lowest BCUT2D eigenvalue weighted by molar-refractivity contribution is -0.693. The third kappa shape index (κ3) is 3.38. The van der Waals surface area contributed by atoms with Gasteiger partial charge in [-0.2, -0.15) is 9.13 Å². The minimum atomic E-state index is 0.333. The van der Waals surface area contributed by atoms with Crippen LogP contribution in [0.15, 0.2) is 158 Å². The lowest BCUT2D eigenvalue weighted by Crippen LogP contribution is -2.37. The zero-order valence-electron chi connectivity index (χ0n) is 26.3. The van der Waals surface area contributed by atoms with Crippen molar-refractivity contribution >= 4 is 44.3 Å². The molecule has 11 rings (SSSR count). The number of para-hydroxylation sites is 1. The molecule has 1 fully saturated rings. The maximum Gasteiger partial charge on any atom is 0.218 e. The van der Waals surface area contributed by atoms with E-state index in [2.05, 4.69) is 172 Å². The van der Waals surface area contributed by atoms with Gasteiger partial charge in [0.1, 0.15) is 0 Å². The molecule has 4 aromatic heterocycles. The zero-order chi connectivity index (χ0) is 31.5. The summed E-state index contributed by atoms with van der Waals surface area (Å²) in [5.41, 5.74) is 14.3. The van der Waals surface area contributed by atoms with Crippen LogP contribution in [0.2, 0.25) is 0 Å². The molecule has 0 amide bonds. The lowest BCUT2D eigenvalue weighted by Gasteiger charge is -2.12. The molecule has 3 heteroatoms. The van der Waals surface area contributed by atoms with Crippen molar-refractivity contribution in [2.45, 2.75) is 17.9 Å². The number of benzene rings is 5. The predicted octanol–water partition coefficient (Wildman–Crippen LogP) is 9.95. The summed E-state index contributed by atoms with van der Waals surface area (Å²) >= 11 is 0. The van der Waals surface area contributed by atoms with Gasteiger partial charge in [-0.25, -0.2) is 0 Å². The molecule has 3 nitrogen and oxygen atoms in total. The fourth-order valence-electron chi connectivity index (χ4n) is 9.06. The molecule has 9 aromatic rings. The minimum absolute atomic E-state index is 0.333. The first kappa shape index (κ1) is 26.1. The number of nitrogens with zero attached hydrogens (tertiary/aromatic N) is 3. The standard InChI is InChI=1S/C45H31N3/c1-2-46-22-12-10-19-38(46)33-26-34-37-25-29(28-14-4-3-5-15-28)24-36-31-17-8-9-21-40(31)48(44(36)37)41(34)27-35(33)43-42-32-18-7-6-16-30(32)39-20-11-13-23-47(39)45(42)43/h2-27,42-43,45H,1H2/q+2. The van der Waals surface area contributed by atoms with Crippen molar-refractivity contribution in [3.05, 3.63) is 170 Å². The molecule has 2 aliphatic rings. The summed E-state index contributed by atoms with van der Waals surface area (Å²) in [6.45, 7) is 4.20. The molecule has 3 unspecified atom stereocenters. The second kappa shape index (κ2) is 9.49. The van der Waals surface area contributed by atoms with E-state index >= 15 is 0 Å². The number of pyridine rings is 2. The molecule has 48 heavy (non-hydrogen) atoms. The highest BCUT2D eigenvalue weighted by molar-refractivity contribution is 6.25.